The number of benzene rings is 1. The highest BCUT2D eigenvalue weighted by atomic mass is 32.1. The number of rotatable bonds is 3. The summed E-state index contributed by atoms with van der Waals surface area (Å²) in [5, 5.41) is 0. The molecule has 29 heavy (non-hydrogen) atoms. The van der Waals surface area contributed by atoms with Crippen LogP contribution in [0.25, 0.3) is 32.0 Å². The fourth-order valence-electron chi connectivity index (χ4n) is 3.22. The van der Waals surface area contributed by atoms with E-state index in [-0.39, 0.29) is 0 Å². The third-order valence-electron chi connectivity index (χ3n) is 4.53. The highest BCUT2D eigenvalue weighted by Crippen LogP contribution is 2.37. The number of hydrogen-bond donors (Lipinski definition) is 0. The molecule has 0 amide bonds. The molecule has 0 bridgehead atoms. The number of fused-ring (bicyclic) bond motifs is 3. The molecule has 1 fully saturated rings. The summed E-state index contributed by atoms with van der Waals surface area (Å²) >= 11 is 1.56. The van der Waals surface area contributed by atoms with E-state index in [1.54, 1.807) is 35.9 Å². The quantitative estimate of drug-likeness (QED) is 0.475. The van der Waals surface area contributed by atoms with E-state index in [0.29, 0.717) is 24.6 Å². The summed E-state index contributed by atoms with van der Waals surface area (Å²) < 4.78 is 6.47. The van der Waals surface area contributed by atoms with Crippen LogP contribution in [-0.2, 0) is 4.74 Å². The SMILES string of the molecule is CC.O=Cc1cccc(-c2nc(N3CCOCC3)c3sc4nccnc4c3n2)c1. The van der Waals surface area contributed by atoms with Crippen molar-refractivity contribution >= 4 is 44.0 Å². The maximum Gasteiger partial charge on any atom is 0.162 e. The van der Waals surface area contributed by atoms with Gasteiger partial charge in [-0.15, -0.1) is 11.3 Å². The standard InChI is InChI=1S/C19H15N5O2S.C2H6/c25-11-12-2-1-3-13(10-12)17-22-14-15-19(21-5-4-20-15)27-16(14)18(23-17)24-6-8-26-9-7-24;1-2/h1-5,10-11H,6-9H2;1-2H3. The van der Waals surface area contributed by atoms with Gasteiger partial charge in [0.25, 0.3) is 0 Å². The van der Waals surface area contributed by atoms with Gasteiger partial charge in [0.05, 0.1) is 17.9 Å². The van der Waals surface area contributed by atoms with Gasteiger partial charge in [-0.3, -0.25) is 4.79 Å². The highest BCUT2D eigenvalue weighted by Gasteiger charge is 2.22. The van der Waals surface area contributed by atoms with Gasteiger partial charge in [0.1, 0.15) is 22.1 Å². The molecular formula is C21H21N5O2S. The van der Waals surface area contributed by atoms with Crippen LogP contribution in [0.2, 0.25) is 0 Å². The van der Waals surface area contributed by atoms with Crippen LogP contribution in [0, 0.1) is 0 Å². The Morgan fingerprint density at radius 3 is 2.66 bits per heavy atom. The lowest BCUT2D eigenvalue weighted by atomic mass is 10.1. The minimum absolute atomic E-state index is 0.582. The molecule has 0 N–H and O–H groups in total. The van der Waals surface area contributed by atoms with E-state index in [2.05, 4.69) is 14.9 Å². The zero-order chi connectivity index (χ0) is 20.2. The number of ether oxygens (including phenoxy) is 1. The second kappa shape index (κ2) is 8.59. The lowest BCUT2D eigenvalue weighted by molar-refractivity contribution is 0.112. The molecule has 148 valence electrons. The van der Waals surface area contributed by atoms with Crippen LogP contribution >= 0.6 is 11.3 Å². The van der Waals surface area contributed by atoms with Gasteiger partial charge in [0.2, 0.25) is 0 Å². The van der Waals surface area contributed by atoms with E-state index in [9.17, 15) is 4.79 Å². The second-order valence-corrected chi connectivity index (χ2v) is 7.20. The lowest BCUT2D eigenvalue weighted by Crippen LogP contribution is -2.36. The average Bonchev–Trinajstić information content (AvgIpc) is 3.19. The summed E-state index contributed by atoms with van der Waals surface area (Å²) in [6.45, 7) is 6.88. The Kier molecular flexibility index (Phi) is 5.73. The minimum atomic E-state index is 0.582. The molecule has 0 saturated carbocycles. The van der Waals surface area contributed by atoms with Crippen molar-refractivity contribution in [1.82, 2.24) is 19.9 Å². The molecule has 0 aliphatic carbocycles. The number of aromatic nitrogens is 4. The molecule has 7 nitrogen and oxygen atoms in total. The second-order valence-electron chi connectivity index (χ2n) is 6.20. The molecule has 0 unspecified atom stereocenters. The Labute approximate surface area is 172 Å². The topological polar surface area (TPSA) is 81.1 Å². The first kappa shape index (κ1) is 19.4. The first-order valence-electron chi connectivity index (χ1n) is 9.63. The molecule has 1 aromatic carbocycles. The van der Waals surface area contributed by atoms with Crippen LogP contribution in [0.4, 0.5) is 5.82 Å². The van der Waals surface area contributed by atoms with Crippen molar-refractivity contribution < 1.29 is 9.53 Å². The van der Waals surface area contributed by atoms with Gasteiger partial charge in [0.15, 0.2) is 11.6 Å². The van der Waals surface area contributed by atoms with E-state index in [1.165, 1.54) is 0 Å². The van der Waals surface area contributed by atoms with Crippen LogP contribution in [-0.4, -0.2) is 52.5 Å². The number of nitrogens with zero attached hydrogens (tertiary/aromatic N) is 5. The van der Waals surface area contributed by atoms with Crippen LogP contribution in [0.1, 0.15) is 24.2 Å². The van der Waals surface area contributed by atoms with Crippen LogP contribution in [0.15, 0.2) is 36.7 Å². The number of anilines is 1. The Bertz CT molecular complexity index is 1150. The molecule has 5 rings (SSSR count). The van der Waals surface area contributed by atoms with Gasteiger partial charge in [-0.1, -0.05) is 32.0 Å². The number of carbonyl (C=O) groups excluding carboxylic acids is 1. The molecule has 3 aromatic heterocycles. The molecular weight excluding hydrogens is 386 g/mol. The predicted molar refractivity (Wildman–Crippen MR) is 116 cm³/mol. The first-order chi connectivity index (χ1) is 14.3. The van der Waals surface area contributed by atoms with E-state index in [0.717, 1.165) is 51.3 Å². The van der Waals surface area contributed by atoms with Crippen molar-refractivity contribution in [1.29, 1.82) is 0 Å². The monoisotopic (exact) mass is 407 g/mol. The van der Waals surface area contributed by atoms with E-state index < -0.39 is 0 Å². The average molecular weight is 407 g/mol. The van der Waals surface area contributed by atoms with Crippen molar-refractivity contribution in [3.63, 3.8) is 0 Å². The van der Waals surface area contributed by atoms with Crippen molar-refractivity contribution in [2.24, 2.45) is 0 Å². The zero-order valence-corrected chi connectivity index (χ0v) is 17.1. The smallest absolute Gasteiger partial charge is 0.162 e. The molecule has 8 heteroatoms. The summed E-state index contributed by atoms with van der Waals surface area (Å²) in [4.78, 5) is 32.8. The Balaban J connectivity index is 0.000000994. The van der Waals surface area contributed by atoms with E-state index >= 15 is 0 Å². The van der Waals surface area contributed by atoms with Crippen molar-refractivity contribution in [2.45, 2.75) is 13.8 Å². The summed E-state index contributed by atoms with van der Waals surface area (Å²) in [5.74, 6) is 1.46. The van der Waals surface area contributed by atoms with Crippen molar-refractivity contribution in [3.8, 4) is 11.4 Å². The van der Waals surface area contributed by atoms with Crippen LogP contribution in [0.3, 0.4) is 0 Å². The third-order valence-corrected chi connectivity index (χ3v) is 5.60. The van der Waals surface area contributed by atoms with Gasteiger partial charge in [-0.05, 0) is 6.07 Å². The molecule has 1 aliphatic rings. The van der Waals surface area contributed by atoms with Crippen molar-refractivity contribution in [2.75, 3.05) is 31.2 Å². The van der Waals surface area contributed by atoms with Gasteiger partial charge in [-0.2, -0.15) is 0 Å². The van der Waals surface area contributed by atoms with Crippen molar-refractivity contribution in [3.05, 3.63) is 42.2 Å². The number of thiophene rings is 1. The number of aldehydes is 1. The Morgan fingerprint density at radius 1 is 1.07 bits per heavy atom. The Morgan fingerprint density at radius 2 is 1.86 bits per heavy atom. The highest BCUT2D eigenvalue weighted by molar-refractivity contribution is 7.25. The van der Waals surface area contributed by atoms with Gasteiger partial charge >= 0.3 is 0 Å². The predicted octanol–water partition coefficient (Wildman–Crippen LogP) is 3.98. The minimum Gasteiger partial charge on any atom is -0.378 e. The first-order valence-corrected chi connectivity index (χ1v) is 10.4. The number of carbonyl (C=O) groups is 1. The maximum absolute atomic E-state index is 11.2. The summed E-state index contributed by atoms with van der Waals surface area (Å²) in [5.41, 5.74) is 2.98. The number of hydrogen-bond acceptors (Lipinski definition) is 8. The molecule has 0 spiro atoms. The van der Waals surface area contributed by atoms with Gasteiger partial charge in [0, 0.05) is 36.6 Å². The third kappa shape index (κ3) is 3.68. The van der Waals surface area contributed by atoms with Crippen LogP contribution in [0.5, 0.6) is 0 Å². The summed E-state index contributed by atoms with van der Waals surface area (Å²) in [6, 6.07) is 7.32. The normalized spacial score (nSPS) is 13.9. The molecule has 0 atom stereocenters. The molecule has 1 aliphatic heterocycles. The Hall–Kier alpha value is -2.97. The maximum atomic E-state index is 11.2. The molecule has 0 radical (unpaired) electrons. The fraction of sp³-hybridized carbons (Fsp3) is 0.286. The largest absolute Gasteiger partial charge is 0.378 e. The van der Waals surface area contributed by atoms with E-state index in [1.807, 2.05) is 26.0 Å². The van der Waals surface area contributed by atoms with E-state index in [4.69, 9.17) is 14.7 Å². The fourth-order valence-corrected chi connectivity index (χ4v) is 4.28. The number of morpholine rings is 1. The van der Waals surface area contributed by atoms with Crippen LogP contribution < -0.4 is 4.90 Å². The molecule has 1 saturated heterocycles. The molecule has 4 heterocycles. The summed E-state index contributed by atoms with van der Waals surface area (Å²) in [6.07, 6.45) is 4.20. The van der Waals surface area contributed by atoms with Gasteiger partial charge in [-0.25, -0.2) is 19.9 Å². The molecule has 4 aromatic rings. The lowest BCUT2D eigenvalue weighted by Gasteiger charge is -2.28. The van der Waals surface area contributed by atoms with Gasteiger partial charge < -0.3 is 9.64 Å². The summed E-state index contributed by atoms with van der Waals surface area (Å²) in [7, 11) is 0. The zero-order valence-electron chi connectivity index (χ0n) is 16.3.